The van der Waals surface area contributed by atoms with Gasteiger partial charge in [-0.1, -0.05) is 12.1 Å². The molecule has 1 unspecified atom stereocenters. The molecule has 0 saturated carbocycles. The first-order valence-corrected chi connectivity index (χ1v) is 7.35. The molecule has 0 amide bonds. The predicted molar refractivity (Wildman–Crippen MR) is 83.0 cm³/mol. The van der Waals surface area contributed by atoms with E-state index in [1.807, 2.05) is 50.2 Å². The summed E-state index contributed by atoms with van der Waals surface area (Å²) in [4.78, 5) is 0. The summed E-state index contributed by atoms with van der Waals surface area (Å²) in [6.45, 7) is 7.94. The minimum absolute atomic E-state index is 0.171. The molecular weight excluding hydrogens is 266 g/mol. The van der Waals surface area contributed by atoms with E-state index in [0.717, 1.165) is 29.6 Å². The van der Waals surface area contributed by atoms with Crippen molar-refractivity contribution in [3.05, 3.63) is 47.9 Å². The van der Waals surface area contributed by atoms with Gasteiger partial charge in [-0.3, -0.25) is 0 Å². The van der Waals surface area contributed by atoms with Crippen LogP contribution < -0.4 is 14.8 Å². The maximum atomic E-state index is 5.76. The van der Waals surface area contributed by atoms with E-state index in [9.17, 15) is 0 Å². The van der Waals surface area contributed by atoms with Gasteiger partial charge in [-0.05, 0) is 45.0 Å². The Morgan fingerprint density at radius 3 is 2.43 bits per heavy atom. The van der Waals surface area contributed by atoms with E-state index in [-0.39, 0.29) is 6.04 Å². The Bertz CT molecular complexity index is 550. The van der Waals surface area contributed by atoms with Gasteiger partial charge in [-0.15, -0.1) is 0 Å². The molecule has 4 heteroatoms. The zero-order chi connectivity index (χ0) is 15.1. The third kappa shape index (κ3) is 4.53. The van der Waals surface area contributed by atoms with Gasteiger partial charge in [0.05, 0.1) is 12.6 Å². The molecule has 2 aromatic rings. The van der Waals surface area contributed by atoms with Crippen molar-refractivity contribution >= 4 is 0 Å². The Balaban J connectivity index is 1.77. The van der Waals surface area contributed by atoms with Crippen LogP contribution in [0.15, 0.2) is 40.8 Å². The van der Waals surface area contributed by atoms with Crippen molar-refractivity contribution in [2.24, 2.45) is 0 Å². The lowest BCUT2D eigenvalue weighted by Crippen LogP contribution is -2.24. The molecule has 0 saturated heterocycles. The Kier molecular flexibility index (Phi) is 5.69. The monoisotopic (exact) mass is 289 g/mol. The van der Waals surface area contributed by atoms with Crippen molar-refractivity contribution in [2.45, 2.75) is 26.8 Å². The normalized spacial score (nSPS) is 12.1. The number of para-hydroxylation sites is 2. The van der Waals surface area contributed by atoms with E-state index in [2.05, 4.69) is 12.2 Å². The van der Waals surface area contributed by atoms with Crippen LogP contribution in [0.5, 0.6) is 11.5 Å². The van der Waals surface area contributed by atoms with Crippen molar-refractivity contribution in [3.63, 3.8) is 0 Å². The van der Waals surface area contributed by atoms with E-state index in [0.29, 0.717) is 13.2 Å². The zero-order valence-electron chi connectivity index (χ0n) is 12.9. The summed E-state index contributed by atoms with van der Waals surface area (Å²) >= 11 is 0. The minimum Gasteiger partial charge on any atom is -0.490 e. The van der Waals surface area contributed by atoms with Crippen LogP contribution in [0, 0.1) is 6.92 Å². The molecule has 0 aliphatic heterocycles. The Morgan fingerprint density at radius 2 is 1.81 bits per heavy atom. The SMILES string of the molecule is CCOc1ccccc1OCCNC(C)c1ccc(C)o1. The predicted octanol–water partition coefficient (Wildman–Crippen LogP) is 3.72. The van der Waals surface area contributed by atoms with Crippen LogP contribution in [0.1, 0.15) is 31.4 Å². The molecule has 1 aromatic heterocycles. The number of benzene rings is 1. The molecule has 1 aromatic carbocycles. The second-order valence-electron chi connectivity index (χ2n) is 4.85. The lowest BCUT2D eigenvalue weighted by molar-refractivity contribution is 0.270. The molecule has 21 heavy (non-hydrogen) atoms. The summed E-state index contributed by atoms with van der Waals surface area (Å²) in [5.74, 6) is 3.44. The summed E-state index contributed by atoms with van der Waals surface area (Å²) < 4.78 is 16.9. The summed E-state index contributed by atoms with van der Waals surface area (Å²) in [6.07, 6.45) is 0. The number of ether oxygens (including phenoxy) is 2. The van der Waals surface area contributed by atoms with Crippen LogP contribution in [-0.4, -0.2) is 19.8 Å². The summed E-state index contributed by atoms with van der Waals surface area (Å²) in [7, 11) is 0. The van der Waals surface area contributed by atoms with Gasteiger partial charge >= 0.3 is 0 Å². The topological polar surface area (TPSA) is 43.6 Å². The van der Waals surface area contributed by atoms with Crippen LogP contribution in [-0.2, 0) is 0 Å². The molecule has 1 atom stereocenters. The molecule has 0 aliphatic carbocycles. The highest BCUT2D eigenvalue weighted by molar-refractivity contribution is 5.39. The molecule has 114 valence electrons. The van der Waals surface area contributed by atoms with Gasteiger partial charge < -0.3 is 19.2 Å². The van der Waals surface area contributed by atoms with Crippen molar-refractivity contribution in [3.8, 4) is 11.5 Å². The molecule has 1 N–H and O–H groups in total. The molecule has 0 spiro atoms. The van der Waals surface area contributed by atoms with E-state index in [1.165, 1.54) is 0 Å². The highest BCUT2D eigenvalue weighted by Crippen LogP contribution is 2.26. The average Bonchev–Trinajstić information content (AvgIpc) is 2.92. The lowest BCUT2D eigenvalue weighted by Gasteiger charge is -2.14. The number of hydrogen-bond acceptors (Lipinski definition) is 4. The van der Waals surface area contributed by atoms with Crippen molar-refractivity contribution < 1.29 is 13.9 Å². The Hall–Kier alpha value is -1.94. The number of rotatable bonds is 8. The first kappa shape index (κ1) is 15.4. The van der Waals surface area contributed by atoms with Gasteiger partial charge in [0.1, 0.15) is 18.1 Å². The standard InChI is InChI=1S/C17H23NO3/c1-4-19-16-7-5-6-8-17(16)20-12-11-18-14(3)15-10-9-13(2)21-15/h5-10,14,18H,4,11-12H2,1-3H3. The molecular formula is C17H23NO3. The van der Waals surface area contributed by atoms with Crippen LogP contribution >= 0.6 is 0 Å². The van der Waals surface area contributed by atoms with E-state index in [4.69, 9.17) is 13.9 Å². The molecule has 1 heterocycles. The van der Waals surface area contributed by atoms with Gasteiger partial charge in [0.2, 0.25) is 0 Å². The first-order valence-electron chi connectivity index (χ1n) is 7.35. The second-order valence-corrected chi connectivity index (χ2v) is 4.85. The fourth-order valence-electron chi connectivity index (χ4n) is 2.07. The van der Waals surface area contributed by atoms with E-state index in [1.54, 1.807) is 0 Å². The van der Waals surface area contributed by atoms with Crippen LogP contribution in [0.25, 0.3) is 0 Å². The van der Waals surface area contributed by atoms with Crippen molar-refractivity contribution in [1.29, 1.82) is 0 Å². The van der Waals surface area contributed by atoms with E-state index >= 15 is 0 Å². The molecule has 4 nitrogen and oxygen atoms in total. The number of hydrogen-bond donors (Lipinski definition) is 1. The Labute approximate surface area is 126 Å². The van der Waals surface area contributed by atoms with Gasteiger partial charge in [0, 0.05) is 6.54 Å². The number of nitrogens with one attached hydrogen (secondary N) is 1. The fraction of sp³-hybridized carbons (Fsp3) is 0.412. The van der Waals surface area contributed by atoms with E-state index < -0.39 is 0 Å². The Morgan fingerprint density at radius 1 is 1.10 bits per heavy atom. The van der Waals surface area contributed by atoms with Crippen molar-refractivity contribution in [1.82, 2.24) is 5.32 Å². The minimum atomic E-state index is 0.171. The molecule has 2 rings (SSSR count). The van der Waals surface area contributed by atoms with Crippen LogP contribution in [0.3, 0.4) is 0 Å². The quantitative estimate of drug-likeness (QED) is 0.752. The number of aryl methyl sites for hydroxylation is 1. The molecule has 0 fully saturated rings. The maximum absolute atomic E-state index is 5.76. The highest BCUT2D eigenvalue weighted by atomic mass is 16.5. The molecule has 0 aliphatic rings. The van der Waals surface area contributed by atoms with Crippen LogP contribution in [0.2, 0.25) is 0 Å². The third-order valence-corrected chi connectivity index (χ3v) is 3.15. The third-order valence-electron chi connectivity index (χ3n) is 3.15. The zero-order valence-corrected chi connectivity index (χ0v) is 12.9. The summed E-state index contributed by atoms with van der Waals surface area (Å²) in [6, 6.07) is 11.9. The smallest absolute Gasteiger partial charge is 0.161 e. The largest absolute Gasteiger partial charge is 0.490 e. The molecule has 0 radical (unpaired) electrons. The van der Waals surface area contributed by atoms with Gasteiger partial charge in [-0.2, -0.15) is 0 Å². The van der Waals surface area contributed by atoms with Crippen LogP contribution in [0.4, 0.5) is 0 Å². The molecule has 0 bridgehead atoms. The fourth-order valence-corrected chi connectivity index (χ4v) is 2.07. The van der Waals surface area contributed by atoms with Gasteiger partial charge in [0.15, 0.2) is 11.5 Å². The summed E-state index contributed by atoms with van der Waals surface area (Å²) in [5, 5.41) is 3.37. The average molecular weight is 289 g/mol. The van der Waals surface area contributed by atoms with Gasteiger partial charge in [0.25, 0.3) is 0 Å². The highest BCUT2D eigenvalue weighted by Gasteiger charge is 2.09. The summed E-state index contributed by atoms with van der Waals surface area (Å²) in [5.41, 5.74) is 0. The first-order chi connectivity index (χ1) is 10.2. The number of furan rings is 1. The van der Waals surface area contributed by atoms with Crippen molar-refractivity contribution in [2.75, 3.05) is 19.8 Å². The van der Waals surface area contributed by atoms with Gasteiger partial charge in [-0.25, -0.2) is 0 Å². The lowest BCUT2D eigenvalue weighted by atomic mass is 10.2. The second kappa shape index (κ2) is 7.74. The maximum Gasteiger partial charge on any atom is 0.161 e.